The molecule has 0 saturated carbocycles. The molecule has 0 spiro atoms. The molecule has 1 aromatic heterocycles. The van der Waals surface area contributed by atoms with E-state index in [2.05, 4.69) is 24.0 Å². The first-order valence-corrected chi connectivity index (χ1v) is 9.81. The molecular formula is C14H24N2O2S2. The van der Waals surface area contributed by atoms with Crippen LogP contribution >= 0.6 is 11.3 Å². The van der Waals surface area contributed by atoms with Crippen molar-refractivity contribution in [2.75, 3.05) is 25.9 Å². The second-order valence-electron chi connectivity index (χ2n) is 5.49. The van der Waals surface area contributed by atoms with E-state index in [-0.39, 0.29) is 6.04 Å². The van der Waals surface area contributed by atoms with Gasteiger partial charge < -0.3 is 0 Å². The van der Waals surface area contributed by atoms with E-state index in [1.807, 2.05) is 18.3 Å². The lowest BCUT2D eigenvalue weighted by Crippen LogP contribution is -2.46. The van der Waals surface area contributed by atoms with Crippen molar-refractivity contribution in [1.82, 2.24) is 9.21 Å². The van der Waals surface area contributed by atoms with Gasteiger partial charge in [-0.2, -0.15) is 4.31 Å². The van der Waals surface area contributed by atoms with Crippen molar-refractivity contribution >= 4 is 21.4 Å². The van der Waals surface area contributed by atoms with Gasteiger partial charge in [0.25, 0.3) is 0 Å². The lowest BCUT2D eigenvalue weighted by atomic mass is 10.1. The summed E-state index contributed by atoms with van der Waals surface area (Å²) in [5.74, 6) is 0. The SMILES string of the molecule is CCN(C1CCN(Cc2ccc(C)s2)CC1)S(C)(=O)=O. The number of aryl methyl sites for hydroxylation is 1. The number of hydrogen-bond donors (Lipinski definition) is 0. The van der Waals surface area contributed by atoms with Gasteiger partial charge in [0.1, 0.15) is 0 Å². The number of likely N-dealkylation sites (tertiary alicyclic amines) is 1. The average molecular weight is 316 g/mol. The van der Waals surface area contributed by atoms with Crippen LogP contribution in [-0.2, 0) is 16.6 Å². The van der Waals surface area contributed by atoms with Gasteiger partial charge in [-0.05, 0) is 31.9 Å². The maximum Gasteiger partial charge on any atom is 0.211 e. The Labute approximate surface area is 126 Å². The first kappa shape index (κ1) is 15.9. The summed E-state index contributed by atoms with van der Waals surface area (Å²) in [5, 5.41) is 0. The Bertz CT molecular complexity index is 531. The minimum atomic E-state index is -3.07. The van der Waals surface area contributed by atoms with Crippen LogP contribution < -0.4 is 0 Å². The Kier molecular flexibility index (Phi) is 5.23. The molecule has 0 atom stereocenters. The van der Waals surface area contributed by atoms with E-state index in [1.165, 1.54) is 16.0 Å². The molecule has 1 aromatic rings. The number of hydrogen-bond acceptors (Lipinski definition) is 4. The summed E-state index contributed by atoms with van der Waals surface area (Å²) in [7, 11) is -3.07. The van der Waals surface area contributed by atoms with Crippen LogP contribution in [0.4, 0.5) is 0 Å². The topological polar surface area (TPSA) is 40.6 Å². The Balaban J connectivity index is 1.89. The third kappa shape index (κ3) is 4.04. The van der Waals surface area contributed by atoms with Gasteiger partial charge in [0.15, 0.2) is 0 Å². The number of thiophene rings is 1. The first-order valence-electron chi connectivity index (χ1n) is 7.14. The van der Waals surface area contributed by atoms with E-state index >= 15 is 0 Å². The highest BCUT2D eigenvalue weighted by Crippen LogP contribution is 2.22. The predicted octanol–water partition coefficient (Wildman–Crippen LogP) is 2.30. The third-order valence-corrected chi connectivity index (χ3v) is 6.27. The minimum absolute atomic E-state index is 0.177. The zero-order chi connectivity index (χ0) is 14.8. The molecule has 4 nitrogen and oxygen atoms in total. The quantitative estimate of drug-likeness (QED) is 0.837. The Morgan fingerprint density at radius 3 is 2.45 bits per heavy atom. The maximum absolute atomic E-state index is 11.8. The van der Waals surface area contributed by atoms with E-state index in [0.717, 1.165) is 32.5 Å². The highest BCUT2D eigenvalue weighted by Gasteiger charge is 2.28. The van der Waals surface area contributed by atoms with Crippen LogP contribution in [0.5, 0.6) is 0 Å². The molecule has 0 bridgehead atoms. The molecule has 1 aliphatic heterocycles. The Morgan fingerprint density at radius 1 is 1.35 bits per heavy atom. The van der Waals surface area contributed by atoms with E-state index in [9.17, 15) is 8.42 Å². The summed E-state index contributed by atoms with van der Waals surface area (Å²) in [5.41, 5.74) is 0. The van der Waals surface area contributed by atoms with Crippen LogP contribution in [0.15, 0.2) is 12.1 Å². The fraction of sp³-hybridized carbons (Fsp3) is 0.714. The molecule has 2 rings (SSSR count). The van der Waals surface area contributed by atoms with Gasteiger partial charge in [-0.1, -0.05) is 6.92 Å². The van der Waals surface area contributed by atoms with E-state index in [0.29, 0.717) is 6.54 Å². The van der Waals surface area contributed by atoms with Gasteiger partial charge in [0.2, 0.25) is 10.0 Å². The summed E-state index contributed by atoms with van der Waals surface area (Å²) in [6.07, 6.45) is 3.19. The van der Waals surface area contributed by atoms with Crippen molar-refractivity contribution in [3.8, 4) is 0 Å². The number of sulfonamides is 1. The molecule has 1 saturated heterocycles. The van der Waals surface area contributed by atoms with Crippen molar-refractivity contribution in [2.45, 2.75) is 39.3 Å². The van der Waals surface area contributed by atoms with Crippen molar-refractivity contribution < 1.29 is 8.42 Å². The van der Waals surface area contributed by atoms with Crippen LogP contribution in [0.2, 0.25) is 0 Å². The zero-order valence-corrected chi connectivity index (χ0v) is 14.1. The van der Waals surface area contributed by atoms with Crippen LogP contribution in [0.1, 0.15) is 29.5 Å². The van der Waals surface area contributed by atoms with Crippen LogP contribution in [0.3, 0.4) is 0 Å². The van der Waals surface area contributed by atoms with E-state index in [1.54, 1.807) is 4.31 Å². The average Bonchev–Trinajstić information content (AvgIpc) is 2.76. The molecule has 6 heteroatoms. The molecule has 0 radical (unpaired) electrons. The zero-order valence-electron chi connectivity index (χ0n) is 12.5. The lowest BCUT2D eigenvalue weighted by Gasteiger charge is -2.36. The molecule has 0 N–H and O–H groups in total. The van der Waals surface area contributed by atoms with Crippen molar-refractivity contribution in [1.29, 1.82) is 0 Å². The summed E-state index contributed by atoms with van der Waals surface area (Å²) < 4.78 is 25.2. The van der Waals surface area contributed by atoms with Crippen molar-refractivity contribution in [2.24, 2.45) is 0 Å². The van der Waals surface area contributed by atoms with Gasteiger partial charge in [0.05, 0.1) is 6.26 Å². The Hall–Kier alpha value is -0.430. The molecular weight excluding hydrogens is 292 g/mol. The second-order valence-corrected chi connectivity index (χ2v) is 8.79. The molecule has 20 heavy (non-hydrogen) atoms. The normalized spacial score (nSPS) is 18.8. The van der Waals surface area contributed by atoms with Crippen LogP contribution in [0.25, 0.3) is 0 Å². The Morgan fingerprint density at radius 2 is 2.00 bits per heavy atom. The van der Waals surface area contributed by atoms with Crippen molar-refractivity contribution in [3.05, 3.63) is 21.9 Å². The summed E-state index contributed by atoms with van der Waals surface area (Å²) in [6.45, 7) is 7.58. The van der Waals surface area contributed by atoms with Gasteiger partial charge in [-0.25, -0.2) is 8.42 Å². The number of nitrogens with zero attached hydrogens (tertiary/aromatic N) is 2. The molecule has 0 unspecified atom stereocenters. The highest BCUT2D eigenvalue weighted by atomic mass is 32.2. The van der Waals surface area contributed by atoms with Gasteiger partial charge in [0, 0.05) is 42.0 Å². The van der Waals surface area contributed by atoms with Crippen LogP contribution in [-0.4, -0.2) is 49.6 Å². The second kappa shape index (κ2) is 6.56. The molecule has 1 aliphatic rings. The standard InChI is InChI=1S/C14H24N2O2S2/c1-4-16(20(3,17)18)13-7-9-15(10-8-13)11-14-6-5-12(2)19-14/h5-6,13H,4,7-11H2,1-3H3. The largest absolute Gasteiger partial charge is 0.298 e. The molecule has 0 aliphatic carbocycles. The molecule has 114 valence electrons. The van der Waals surface area contributed by atoms with E-state index < -0.39 is 10.0 Å². The number of piperidine rings is 1. The highest BCUT2D eigenvalue weighted by molar-refractivity contribution is 7.88. The smallest absolute Gasteiger partial charge is 0.211 e. The van der Waals surface area contributed by atoms with Gasteiger partial charge in [-0.15, -0.1) is 11.3 Å². The monoisotopic (exact) mass is 316 g/mol. The fourth-order valence-corrected chi connectivity index (χ4v) is 5.07. The van der Waals surface area contributed by atoms with Crippen molar-refractivity contribution in [3.63, 3.8) is 0 Å². The molecule has 0 amide bonds. The molecule has 0 aromatic carbocycles. The number of rotatable bonds is 5. The van der Waals surface area contributed by atoms with Gasteiger partial charge in [-0.3, -0.25) is 4.90 Å². The lowest BCUT2D eigenvalue weighted by molar-refractivity contribution is 0.157. The summed E-state index contributed by atoms with van der Waals surface area (Å²) in [4.78, 5) is 5.18. The predicted molar refractivity (Wildman–Crippen MR) is 84.6 cm³/mol. The molecule has 1 fully saturated rings. The first-order chi connectivity index (χ1) is 9.40. The summed E-state index contributed by atoms with van der Waals surface area (Å²) >= 11 is 1.85. The maximum atomic E-state index is 11.8. The fourth-order valence-electron chi connectivity index (χ4n) is 2.92. The molecule has 2 heterocycles. The minimum Gasteiger partial charge on any atom is -0.298 e. The van der Waals surface area contributed by atoms with E-state index in [4.69, 9.17) is 0 Å². The summed E-state index contributed by atoms with van der Waals surface area (Å²) in [6, 6.07) is 4.53. The van der Waals surface area contributed by atoms with Gasteiger partial charge >= 0.3 is 0 Å². The van der Waals surface area contributed by atoms with Crippen LogP contribution in [0, 0.1) is 6.92 Å². The third-order valence-electron chi connectivity index (χ3n) is 3.88.